The lowest BCUT2D eigenvalue weighted by atomic mass is 9.58. The highest BCUT2D eigenvalue weighted by atomic mass is 32.1. The molecule has 1 aliphatic carbocycles. The molecule has 4 nitrogen and oxygen atoms in total. The van der Waals surface area contributed by atoms with E-state index < -0.39 is 11.3 Å². The van der Waals surface area contributed by atoms with E-state index in [-0.39, 0.29) is 5.91 Å². The average Bonchev–Trinajstić information content (AvgIpc) is 2.57. The summed E-state index contributed by atoms with van der Waals surface area (Å²) in [5.74, 6) is -0.742. The molecule has 0 aromatic heterocycles. The summed E-state index contributed by atoms with van der Waals surface area (Å²) in [6.07, 6.45) is 3.04. The predicted octanol–water partition coefficient (Wildman–Crippen LogP) is 3.27. The summed E-state index contributed by atoms with van der Waals surface area (Å²) in [7, 11) is 0. The number of nitrogens with zero attached hydrogens (tertiary/aromatic N) is 2. The normalized spacial score (nSPS) is 30.5. The number of thiol groups is 1. The van der Waals surface area contributed by atoms with Gasteiger partial charge < -0.3 is 5.32 Å². The number of hydrogen-bond acceptors (Lipinski definition) is 4. The topological polar surface area (TPSA) is 76.7 Å². The molecule has 1 amide bonds. The van der Waals surface area contributed by atoms with Crippen molar-refractivity contribution in [1.82, 2.24) is 5.32 Å². The van der Waals surface area contributed by atoms with Crippen LogP contribution < -0.4 is 5.32 Å². The smallest absolute Gasteiger partial charge is 0.243 e. The predicted molar refractivity (Wildman–Crippen MR) is 89.0 cm³/mol. The average molecular weight is 323 g/mol. The van der Waals surface area contributed by atoms with Crippen LogP contribution in [0, 0.1) is 34.0 Å². The molecule has 1 aliphatic heterocycles. The molecule has 116 valence electrons. The quantitative estimate of drug-likeness (QED) is 0.779. The van der Waals surface area contributed by atoms with Crippen molar-refractivity contribution in [2.24, 2.45) is 11.3 Å². The number of amides is 1. The van der Waals surface area contributed by atoms with Gasteiger partial charge in [0.05, 0.1) is 22.7 Å². The van der Waals surface area contributed by atoms with Crippen LogP contribution in [0.1, 0.15) is 37.2 Å². The van der Waals surface area contributed by atoms with Crippen molar-refractivity contribution in [2.45, 2.75) is 31.6 Å². The van der Waals surface area contributed by atoms with Gasteiger partial charge in [0.2, 0.25) is 5.91 Å². The molecule has 1 fully saturated rings. The standard InChI is InChI=1S/C18H17N3OS/c19-10-14-16(22)21-17(23)15(11-20)18(14)8-6-13(7-9-18)12-4-2-1-3-5-12/h1-5,13-14,23H,6-9H2,(H,21,22). The van der Waals surface area contributed by atoms with Gasteiger partial charge in [0.25, 0.3) is 0 Å². The first-order chi connectivity index (χ1) is 11.1. The molecule has 1 spiro atoms. The molecule has 1 atom stereocenters. The number of nitrogens with one attached hydrogen (secondary N) is 1. The van der Waals surface area contributed by atoms with Crippen molar-refractivity contribution in [3.8, 4) is 12.1 Å². The maximum absolute atomic E-state index is 12.2. The molecule has 0 saturated heterocycles. The van der Waals surface area contributed by atoms with Gasteiger partial charge in [-0.15, -0.1) is 12.6 Å². The zero-order valence-corrected chi connectivity index (χ0v) is 13.5. The minimum Gasteiger partial charge on any atom is -0.319 e. The van der Waals surface area contributed by atoms with E-state index in [1.54, 1.807) is 0 Å². The molecule has 0 bridgehead atoms. The molecule has 1 unspecified atom stereocenters. The zero-order valence-electron chi connectivity index (χ0n) is 12.6. The van der Waals surface area contributed by atoms with Gasteiger partial charge in [0.1, 0.15) is 5.92 Å². The number of carbonyl (C=O) groups excluding carboxylic acids is 1. The van der Waals surface area contributed by atoms with E-state index in [1.165, 1.54) is 5.56 Å². The van der Waals surface area contributed by atoms with E-state index in [0.717, 1.165) is 12.8 Å². The van der Waals surface area contributed by atoms with Crippen LogP contribution in [0.25, 0.3) is 0 Å². The van der Waals surface area contributed by atoms with E-state index in [1.807, 2.05) is 18.2 Å². The summed E-state index contributed by atoms with van der Waals surface area (Å²) in [5.41, 5.74) is 1.05. The van der Waals surface area contributed by atoms with Crippen molar-refractivity contribution in [2.75, 3.05) is 0 Å². The van der Waals surface area contributed by atoms with Gasteiger partial charge in [0, 0.05) is 5.41 Å². The number of allylic oxidation sites excluding steroid dienone is 1. The lowest BCUT2D eigenvalue weighted by Gasteiger charge is -2.44. The SMILES string of the molecule is N#CC1=C(S)NC(=O)C(C#N)C12CCC(c1ccccc1)CC2. The second-order valence-electron chi connectivity index (χ2n) is 6.23. The van der Waals surface area contributed by atoms with E-state index in [0.29, 0.717) is 29.4 Å². The van der Waals surface area contributed by atoms with Gasteiger partial charge in [-0.25, -0.2) is 0 Å². The van der Waals surface area contributed by atoms with Gasteiger partial charge in [-0.05, 0) is 37.2 Å². The maximum atomic E-state index is 12.2. The summed E-state index contributed by atoms with van der Waals surface area (Å²) < 4.78 is 0. The Bertz CT molecular complexity index is 734. The fourth-order valence-corrected chi connectivity index (χ4v) is 4.34. The third-order valence-corrected chi connectivity index (χ3v) is 5.52. The Kier molecular flexibility index (Phi) is 4.15. The highest BCUT2D eigenvalue weighted by Gasteiger charge is 2.52. The second-order valence-corrected chi connectivity index (χ2v) is 6.68. The summed E-state index contributed by atoms with van der Waals surface area (Å²) in [6.45, 7) is 0. The molecule has 1 saturated carbocycles. The van der Waals surface area contributed by atoms with Crippen LogP contribution in [0.4, 0.5) is 0 Å². The molecule has 1 aromatic rings. The van der Waals surface area contributed by atoms with Gasteiger partial charge in [-0.3, -0.25) is 4.79 Å². The lowest BCUT2D eigenvalue weighted by molar-refractivity contribution is -0.126. The Morgan fingerprint density at radius 1 is 1.17 bits per heavy atom. The fraction of sp³-hybridized carbons (Fsp3) is 0.389. The minimum atomic E-state index is -0.815. The summed E-state index contributed by atoms with van der Waals surface area (Å²) in [4.78, 5) is 12.2. The third kappa shape index (κ3) is 2.52. The Morgan fingerprint density at radius 2 is 1.83 bits per heavy atom. The van der Waals surface area contributed by atoms with E-state index in [2.05, 4.69) is 42.2 Å². The van der Waals surface area contributed by atoms with Gasteiger partial charge in [0.15, 0.2) is 0 Å². The second kappa shape index (κ2) is 6.10. The third-order valence-electron chi connectivity index (χ3n) is 5.18. The molecule has 2 aliphatic rings. The zero-order chi connectivity index (χ0) is 16.4. The van der Waals surface area contributed by atoms with Crippen LogP contribution in [-0.4, -0.2) is 5.91 Å². The Morgan fingerprint density at radius 3 is 2.39 bits per heavy atom. The molecule has 1 heterocycles. The molecule has 1 N–H and O–H groups in total. The van der Waals surface area contributed by atoms with Crippen LogP contribution in [0.15, 0.2) is 40.9 Å². The van der Waals surface area contributed by atoms with Crippen LogP contribution in [-0.2, 0) is 4.79 Å². The Labute approximate surface area is 141 Å². The molecule has 1 aromatic carbocycles. The molecule has 0 radical (unpaired) electrons. The number of carbonyl (C=O) groups is 1. The van der Waals surface area contributed by atoms with Crippen LogP contribution in [0.2, 0.25) is 0 Å². The van der Waals surface area contributed by atoms with Crippen molar-refractivity contribution < 1.29 is 4.79 Å². The Balaban J connectivity index is 1.93. The van der Waals surface area contributed by atoms with Crippen molar-refractivity contribution in [3.05, 3.63) is 46.5 Å². The first kappa shape index (κ1) is 15.6. The highest BCUT2D eigenvalue weighted by molar-refractivity contribution is 7.84. The van der Waals surface area contributed by atoms with Crippen LogP contribution in [0.3, 0.4) is 0 Å². The first-order valence-corrected chi connectivity index (χ1v) is 8.16. The summed E-state index contributed by atoms with van der Waals surface area (Å²) in [6, 6.07) is 14.6. The van der Waals surface area contributed by atoms with Crippen LogP contribution >= 0.6 is 12.6 Å². The van der Waals surface area contributed by atoms with Gasteiger partial charge in [-0.1, -0.05) is 30.3 Å². The maximum Gasteiger partial charge on any atom is 0.243 e. The summed E-state index contributed by atoms with van der Waals surface area (Å²) >= 11 is 4.27. The van der Waals surface area contributed by atoms with Gasteiger partial charge in [-0.2, -0.15) is 10.5 Å². The minimum absolute atomic E-state index is 0.308. The molecular formula is C18H17N3OS. The van der Waals surface area contributed by atoms with Crippen LogP contribution in [0.5, 0.6) is 0 Å². The Hall–Kier alpha value is -2.24. The van der Waals surface area contributed by atoms with E-state index in [9.17, 15) is 15.3 Å². The van der Waals surface area contributed by atoms with Gasteiger partial charge >= 0.3 is 0 Å². The van der Waals surface area contributed by atoms with Crippen molar-refractivity contribution in [3.63, 3.8) is 0 Å². The molecule has 3 rings (SSSR count). The largest absolute Gasteiger partial charge is 0.319 e. The molecular weight excluding hydrogens is 306 g/mol. The summed E-state index contributed by atoms with van der Waals surface area (Å²) in [5, 5.41) is 21.9. The molecule has 23 heavy (non-hydrogen) atoms. The number of benzene rings is 1. The number of hydrogen-bond donors (Lipinski definition) is 2. The fourth-order valence-electron chi connectivity index (χ4n) is 3.96. The monoisotopic (exact) mass is 323 g/mol. The van der Waals surface area contributed by atoms with E-state index >= 15 is 0 Å². The van der Waals surface area contributed by atoms with E-state index in [4.69, 9.17) is 0 Å². The lowest BCUT2D eigenvalue weighted by Crippen LogP contribution is -2.48. The first-order valence-electron chi connectivity index (χ1n) is 7.71. The number of nitriles is 2. The van der Waals surface area contributed by atoms with Crippen molar-refractivity contribution >= 4 is 18.5 Å². The van der Waals surface area contributed by atoms with Crippen molar-refractivity contribution in [1.29, 1.82) is 10.5 Å². The molecule has 5 heteroatoms. The highest BCUT2D eigenvalue weighted by Crippen LogP contribution is 2.53. The number of rotatable bonds is 1.